The fourth-order valence-electron chi connectivity index (χ4n) is 2.45. The van der Waals surface area contributed by atoms with Crippen molar-refractivity contribution in [3.05, 3.63) is 52.3 Å². The maximum Gasteiger partial charge on any atom is 0.355 e. The number of anilines is 1. The van der Waals surface area contributed by atoms with Crippen molar-refractivity contribution in [1.82, 2.24) is 4.98 Å². The van der Waals surface area contributed by atoms with Gasteiger partial charge in [0.25, 0.3) is 5.91 Å². The highest BCUT2D eigenvalue weighted by Crippen LogP contribution is 2.20. The predicted octanol–water partition coefficient (Wildman–Crippen LogP) is 2.88. The number of halogens is 2. The van der Waals surface area contributed by atoms with Crippen LogP contribution in [-0.4, -0.2) is 36.0 Å². The zero-order valence-corrected chi connectivity index (χ0v) is 14.9. The summed E-state index contributed by atoms with van der Waals surface area (Å²) in [5, 5.41) is 2.11. The highest BCUT2D eigenvalue weighted by molar-refractivity contribution is 6.00. The zero-order chi connectivity index (χ0) is 20.1. The molecule has 1 amide bonds. The summed E-state index contributed by atoms with van der Waals surface area (Å²) in [4.78, 5) is 38.7. The third-order valence-corrected chi connectivity index (χ3v) is 3.66. The maximum atomic E-state index is 13.5. The largest absolute Gasteiger partial charge is 0.461 e. The van der Waals surface area contributed by atoms with Crippen molar-refractivity contribution >= 4 is 23.5 Å². The van der Waals surface area contributed by atoms with Gasteiger partial charge >= 0.3 is 11.9 Å². The van der Waals surface area contributed by atoms with Gasteiger partial charge in [0.1, 0.15) is 17.3 Å². The second kappa shape index (κ2) is 8.43. The summed E-state index contributed by atoms with van der Waals surface area (Å²) >= 11 is 0. The number of rotatable bonds is 6. The van der Waals surface area contributed by atoms with E-state index in [4.69, 9.17) is 9.47 Å². The van der Waals surface area contributed by atoms with E-state index in [9.17, 15) is 23.2 Å². The first kappa shape index (κ1) is 20.1. The molecular weight excluding hydrogens is 362 g/mol. The molecule has 144 valence electrons. The average molecular weight is 380 g/mol. The first-order valence-electron chi connectivity index (χ1n) is 8.02. The monoisotopic (exact) mass is 380 g/mol. The summed E-state index contributed by atoms with van der Waals surface area (Å²) in [6.45, 7) is 4.21. The number of nitrogens with one attached hydrogen (secondary N) is 2. The van der Waals surface area contributed by atoms with Crippen LogP contribution in [0.15, 0.2) is 18.2 Å². The van der Waals surface area contributed by atoms with E-state index in [1.54, 1.807) is 13.8 Å². The molecule has 0 spiro atoms. The minimum absolute atomic E-state index is 0.0998. The molecule has 0 unspecified atom stereocenters. The normalized spacial score (nSPS) is 10.4. The van der Waals surface area contributed by atoms with E-state index in [-0.39, 0.29) is 23.6 Å². The van der Waals surface area contributed by atoms with Crippen molar-refractivity contribution in [2.24, 2.45) is 0 Å². The lowest BCUT2D eigenvalue weighted by molar-refractivity contribution is -0.119. The van der Waals surface area contributed by atoms with Crippen LogP contribution in [0.5, 0.6) is 0 Å². The topological polar surface area (TPSA) is 97.5 Å². The van der Waals surface area contributed by atoms with Crippen LogP contribution >= 0.6 is 0 Å². The molecule has 0 aliphatic rings. The molecule has 0 saturated heterocycles. The van der Waals surface area contributed by atoms with Crippen molar-refractivity contribution in [2.45, 2.75) is 20.8 Å². The molecule has 0 aliphatic heterocycles. The Morgan fingerprint density at radius 2 is 1.81 bits per heavy atom. The lowest BCUT2D eigenvalue weighted by atomic mass is 10.1. The summed E-state index contributed by atoms with van der Waals surface area (Å²) in [5.74, 6) is -3.85. The number of hydrogen-bond acceptors (Lipinski definition) is 5. The second-order valence-electron chi connectivity index (χ2n) is 5.59. The van der Waals surface area contributed by atoms with E-state index in [0.717, 1.165) is 18.2 Å². The van der Waals surface area contributed by atoms with Gasteiger partial charge in [0.05, 0.1) is 17.9 Å². The van der Waals surface area contributed by atoms with E-state index in [1.165, 1.54) is 6.92 Å². The summed E-state index contributed by atoms with van der Waals surface area (Å²) in [7, 11) is 0. The van der Waals surface area contributed by atoms with E-state index in [0.29, 0.717) is 11.3 Å². The van der Waals surface area contributed by atoms with Crippen LogP contribution < -0.4 is 5.32 Å². The molecule has 1 aromatic carbocycles. The minimum atomic E-state index is -0.843. The number of carbonyl (C=O) groups is 3. The molecular formula is C18H18F2N2O5. The summed E-state index contributed by atoms with van der Waals surface area (Å²) < 4.78 is 36.4. The number of aromatic nitrogens is 1. The Bertz CT molecular complexity index is 892. The molecule has 1 heterocycles. The number of benzene rings is 1. The highest BCUT2D eigenvalue weighted by atomic mass is 19.1. The van der Waals surface area contributed by atoms with Gasteiger partial charge in [-0.05, 0) is 38.5 Å². The van der Waals surface area contributed by atoms with E-state index in [2.05, 4.69) is 10.3 Å². The lowest BCUT2D eigenvalue weighted by Gasteiger charge is -2.08. The third kappa shape index (κ3) is 4.69. The first-order valence-corrected chi connectivity index (χ1v) is 8.02. The van der Waals surface area contributed by atoms with Crippen molar-refractivity contribution in [3.63, 3.8) is 0 Å². The molecule has 2 rings (SSSR count). The molecule has 0 radical (unpaired) electrons. The highest BCUT2D eigenvalue weighted by Gasteiger charge is 2.24. The predicted molar refractivity (Wildman–Crippen MR) is 91.5 cm³/mol. The number of hydrogen-bond donors (Lipinski definition) is 2. The summed E-state index contributed by atoms with van der Waals surface area (Å²) in [5.41, 5.74) is 0.551. The standard InChI is InChI=1S/C18H18F2N2O5/c1-4-26-18(25)16-9(2)15(10(3)21-16)17(24)27-8-14(23)22-13-7-11(19)5-6-12(13)20/h5-7,21H,4,8H2,1-3H3,(H,22,23). The molecule has 27 heavy (non-hydrogen) atoms. The molecule has 0 atom stereocenters. The van der Waals surface area contributed by atoms with Crippen LogP contribution in [0.2, 0.25) is 0 Å². The Balaban J connectivity index is 2.04. The first-order chi connectivity index (χ1) is 12.7. The Morgan fingerprint density at radius 3 is 2.48 bits per heavy atom. The van der Waals surface area contributed by atoms with E-state index >= 15 is 0 Å². The summed E-state index contributed by atoms with van der Waals surface area (Å²) in [6, 6.07) is 2.57. The van der Waals surface area contributed by atoms with Crippen molar-refractivity contribution in [2.75, 3.05) is 18.5 Å². The Morgan fingerprint density at radius 1 is 1.11 bits per heavy atom. The number of esters is 2. The molecule has 1 aromatic heterocycles. The molecule has 2 aromatic rings. The zero-order valence-electron chi connectivity index (χ0n) is 14.9. The molecule has 0 fully saturated rings. The quantitative estimate of drug-likeness (QED) is 0.751. The number of aryl methyl sites for hydroxylation is 1. The van der Waals surface area contributed by atoms with Gasteiger partial charge in [-0.15, -0.1) is 0 Å². The maximum absolute atomic E-state index is 13.5. The van der Waals surface area contributed by atoms with Crippen LogP contribution in [0.4, 0.5) is 14.5 Å². The number of ether oxygens (including phenoxy) is 2. The minimum Gasteiger partial charge on any atom is -0.461 e. The second-order valence-corrected chi connectivity index (χ2v) is 5.59. The van der Waals surface area contributed by atoms with Gasteiger partial charge in [-0.1, -0.05) is 0 Å². The Labute approximate surface area is 153 Å². The SMILES string of the molecule is CCOC(=O)c1[nH]c(C)c(C(=O)OCC(=O)Nc2cc(F)ccc2F)c1C. The summed E-state index contributed by atoms with van der Waals surface area (Å²) in [6.07, 6.45) is 0. The van der Waals surface area contributed by atoms with Crippen LogP contribution in [0.3, 0.4) is 0 Å². The number of carbonyl (C=O) groups excluding carboxylic acids is 3. The van der Waals surface area contributed by atoms with Gasteiger partial charge in [-0.2, -0.15) is 0 Å². The number of amides is 1. The number of H-pyrrole nitrogens is 1. The van der Waals surface area contributed by atoms with Crippen LogP contribution in [0.25, 0.3) is 0 Å². The van der Waals surface area contributed by atoms with Crippen molar-refractivity contribution in [1.29, 1.82) is 0 Å². The van der Waals surface area contributed by atoms with Gasteiger partial charge in [-0.25, -0.2) is 18.4 Å². The van der Waals surface area contributed by atoms with Gasteiger partial charge in [0, 0.05) is 11.8 Å². The molecule has 0 bridgehead atoms. The van der Waals surface area contributed by atoms with Crippen LogP contribution in [0, 0.1) is 25.5 Å². The Hall–Kier alpha value is -3.23. The molecule has 2 N–H and O–H groups in total. The smallest absolute Gasteiger partial charge is 0.355 e. The molecule has 7 nitrogen and oxygen atoms in total. The molecule has 0 aliphatic carbocycles. The van der Waals surface area contributed by atoms with Gasteiger partial charge in [0.15, 0.2) is 6.61 Å². The van der Waals surface area contributed by atoms with Gasteiger partial charge in [-0.3, -0.25) is 4.79 Å². The Kier molecular flexibility index (Phi) is 6.27. The average Bonchev–Trinajstić information content (AvgIpc) is 2.91. The number of aromatic amines is 1. The fraction of sp³-hybridized carbons (Fsp3) is 0.278. The molecule has 9 heteroatoms. The third-order valence-electron chi connectivity index (χ3n) is 3.66. The van der Waals surface area contributed by atoms with Crippen molar-refractivity contribution in [3.8, 4) is 0 Å². The van der Waals surface area contributed by atoms with E-state index in [1.807, 2.05) is 0 Å². The molecule has 0 saturated carbocycles. The van der Waals surface area contributed by atoms with Crippen LogP contribution in [0.1, 0.15) is 39.0 Å². The van der Waals surface area contributed by atoms with Crippen LogP contribution in [-0.2, 0) is 14.3 Å². The van der Waals surface area contributed by atoms with Gasteiger partial charge in [0.2, 0.25) is 0 Å². The van der Waals surface area contributed by atoms with Gasteiger partial charge < -0.3 is 19.8 Å². The lowest BCUT2D eigenvalue weighted by Crippen LogP contribution is -2.22. The van der Waals surface area contributed by atoms with Crippen molar-refractivity contribution < 1.29 is 32.6 Å². The fourth-order valence-corrected chi connectivity index (χ4v) is 2.45. The van der Waals surface area contributed by atoms with E-state index < -0.39 is 36.1 Å².